The Balaban J connectivity index is 1.91. The second-order valence-electron chi connectivity index (χ2n) is 5.52. The van der Waals surface area contributed by atoms with Crippen LogP contribution < -0.4 is 15.0 Å². The highest BCUT2D eigenvalue weighted by molar-refractivity contribution is 9.11. The number of hydrogen-bond donors (Lipinski definition) is 1. The Morgan fingerprint density at radius 3 is 2.52 bits per heavy atom. The second kappa shape index (κ2) is 8.29. The van der Waals surface area contributed by atoms with E-state index >= 15 is 0 Å². The summed E-state index contributed by atoms with van der Waals surface area (Å²) in [5, 5.41) is 3.03. The molecule has 1 N–H and O–H groups in total. The van der Waals surface area contributed by atoms with Crippen LogP contribution in [-0.4, -0.2) is 18.5 Å². The normalized spacial score (nSPS) is 15.2. The number of hydrogen-bond acceptors (Lipinski definition) is 3. The van der Waals surface area contributed by atoms with E-state index in [9.17, 15) is 9.59 Å². The largest absolute Gasteiger partial charge is 0.487 e. The summed E-state index contributed by atoms with van der Waals surface area (Å²) >= 11 is 12.8. The van der Waals surface area contributed by atoms with E-state index in [-0.39, 0.29) is 5.70 Å². The number of rotatable bonds is 5. The van der Waals surface area contributed by atoms with E-state index in [1.807, 2.05) is 0 Å². The molecule has 2 aromatic carbocycles. The van der Waals surface area contributed by atoms with Crippen molar-refractivity contribution < 1.29 is 14.3 Å². The van der Waals surface area contributed by atoms with Crippen LogP contribution in [0.1, 0.15) is 5.56 Å². The Morgan fingerprint density at radius 1 is 1.19 bits per heavy atom. The van der Waals surface area contributed by atoms with Gasteiger partial charge in [-0.25, -0.2) is 9.69 Å². The molecule has 2 aromatic rings. The van der Waals surface area contributed by atoms with E-state index in [0.717, 1.165) is 4.90 Å². The Bertz CT molecular complexity index is 952. The van der Waals surface area contributed by atoms with Gasteiger partial charge in [-0.2, -0.15) is 0 Å². The molecule has 3 rings (SSSR count). The van der Waals surface area contributed by atoms with Crippen LogP contribution in [0.15, 0.2) is 63.7 Å². The molecule has 1 heterocycles. The number of urea groups is 1. The highest BCUT2D eigenvalue weighted by Gasteiger charge is 2.35. The van der Waals surface area contributed by atoms with Gasteiger partial charge in [-0.15, -0.1) is 0 Å². The molecule has 0 unspecified atom stereocenters. The van der Waals surface area contributed by atoms with Crippen molar-refractivity contribution in [2.24, 2.45) is 0 Å². The average Bonchev–Trinajstić information content (AvgIpc) is 2.88. The van der Waals surface area contributed by atoms with Crippen LogP contribution in [0.2, 0.25) is 5.02 Å². The maximum absolute atomic E-state index is 12.7. The molecular formula is C19H13Br2ClN2O3. The van der Waals surface area contributed by atoms with Crippen LogP contribution in [-0.2, 0) is 4.79 Å². The van der Waals surface area contributed by atoms with Gasteiger partial charge in [0.1, 0.15) is 18.1 Å². The lowest BCUT2D eigenvalue weighted by Crippen LogP contribution is -2.30. The van der Waals surface area contributed by atoms with Crippen molar-refractivity contribution in [2.75, 3.05) is 11.5 Å². The third kappa shape index (κ3) is 4.26. The first kappa shape index (κ1) is 19.7. The lowest BCUT2D eigenvalue weighted by Gasteiger charge is -2.11. The van der Waals surface area contributed by atoms with Gasteiger partial charge in [0.15, 0.2) is 0 Å². The summed E-state index contributed by atoms with van der Waals surface area (Å²) in [6, 6.07) is 9.60. The molecule has 138 valence electrons. The van der Waals surface area contributed by atoms with Crippen molar-refractivity contribution in [1.82, 2.24) is 5.32 Å². The number of imide groups is 1. The SMILES string of the molecule is C=CCOc1c(Br)cc(/C=C2\NC(=O)N(c3cccc(Cl)c3)C2=O)cc1Br. The Labute approximate surface area is 177 Å². The molecule has 27 heavy (non-hydrogen) atoms. The van der Waals surface area contributed by atoms with Crippen molar-refractivity contribution in [1.29, 1.82) is 0 Å². The lowest BCUT2D eigenvalue weighted by molar-refractivity contribution is -0.113. The molecule has 1 saturated heterocycles. The third-order valence-electron chi connectivity index (χ3n) is 3.62. The molecule has 0 aliphatic carbocycles. The van der Waals surface area contributed by atoms with Crippen LogP contribution in [0.4, 0.5) is 10.5 Å². The van der Waals surface area contributed by atoms with Crippen LogP contribution in [0, 0.1) is 0 Å². The van der Waals surface area contributed by atoms with Gasteiger partial charge in [0, 0.05) is 5.02 Å². The first-order chi connectivity index (χ1) is 12.9. The molecule has 0 saturated carbocycles. The number of nitrogens with one attached hydrogen (secondary N) is 1. The van der Waals surface area contributed by atoms with Gasteiger partial charge in [-0.3, -0.25) is 4.79 Å². The summed E-state index contributed by atoms with van der Waals surface area (Å²) in [7, 11) is 0. The van der Waals surface area contributed by atoms with Crippen LogP contribution >= 0.6 is 43.5 Å². The zero-order valence-electron chi connectivity index (χ0n) is 13.8. The monoisotopic (exact) mass is 510 g/mol. The fourth-order valence-electron chi connectivity index (χ4n) is 2.49. The summed E-state index contributed by atoms with van der Waals surface area (Å²) in [4.78, 5) is 26.0. The first-order valence-corrected chi connectivity index (χ1v) is 9.72. The standard InChI is InChI=1S/C19H13Br2ClN2O3/c1-2-6-27-17-14(20)7-11(8-15(17)21)9-16-18(25)24(19(26)23-16)13-5-3-4-12(22)10-13/h2-5,7-10H,1,6H2,(H,23,26)/b16-9-. The van der Waals surface area contributed by atoms with Gasteiger partial charge in [0.2, 0.25) is 0 Å². The number of amides is 3. The molecule has 0 radical (unpaired) electrons. The predicted octanol–water partition coefficient (Wildman–Crippen LogP) is 5.53. The third-order valence-corrected chi connectivity index (χ3v) is 5.03. The molecule has 3 amide bonds. The molecule has 0 atom stereocenters. The number of halogens is 3. The zero-order valence-corrected chi connectivity index (χ0v) is 17.8. The summed E-state index contributed by atoms with van der Waals surface area (Å²) < 4.78 is 6.98. The summed E-state index contributed by atoms with van der Waals surface area (Å²) in [6.07, 6.45) is 3.24. The van der Waals surface area contributed by atoms with Crippen LogP contribution in [0.3, 0.4) is 0 Å². The highest BCUT2D eigenvalue weighted by atomic mass is 79.9. The number of ether oxygens (including phenoxy) is 1. The van der Waals surface area contributed by atoms with E-state index in [1.54, 1.807) is 48.6 Å². The van der Waals surface area contributed by atoms with Gasteiger partial charge in [-0.1, -0.05) is 30.3 Å². The minimum absolute atomic E-state index is 0.165. The van der Waals surface area contributed by atoms with Gasteiger partial charge in [-0.05, 0) is 73.8 Å². The van der Waals surface area contributed by atoms with E-state index in [0.29, 0.717) is 37.6 Å². The maximum Gasteiger partial charge on any atom is 0.333 e. The number of anilines is 1. The van der Waals surface area contributed by atoms with Crippen molar-refractivity contribution in [3.8, 4) is 5.75 Å². The molecule has 1 fully saturated rings. The van der Waals surface area contributed by atoms with Crippen LogP contribution in [0.25, 0.3) is 6.08 Å². The van der Waals surface area contributed by atoms with Gasteiger partial charge >= 0.3 is 6.03 Å². The smallest absolute Gasteiger partial charge is 0.333 e. The quantitative estimate of drug-likeness (QED) is 0.326. The fourth-order valence-corrected chi connectivity index (χ4v) is 4.13. The molecule has 0 bridgehead atoms. The fraction of sp³-hybridized carbons (Fsp3) is 0.0526. The molecule has 5 nitrogen and oxygen atoms in total. The second-order valence-corrected chi connectivity index (χ2v) is 7.67. The average molecular weight is 513 g/mol. The van der Waals surface area contributed by atoms with Gasteiger partial charge in [0.25, 0.3) is 5.91 Å². The number of nitrogens with zero attached hydrogens (tertiary/aromatic N) is 1. The van der Waals surface area contributed by atoms with Crippen molar-refractivity contribution in [2.45, 2.75) is 0 Å². The van der Waals surface area contributed by atoms with Crippen molar-refractivity contribution in [3.63, 3.8) is 0 Å². The topological polar surface area (TPSA) is 58.6 Å². The van der Waals surface area contributed by atoms with E-state index in [2.05, 4.69) is 43.8 Å². The zero-order chi connectivity index (χ0) is 19.6. The minimum atomic E-state index is -0.530. The van der Waals surface area contributed by atoms with E-state index < -0.39 is 11.9 Å². The molecule has 1 aliphatic heterocycles. The van der Waals surface area contributed by atoms with Gasteiger partial charge in [0.05, 0.1) is 14.6 Å². The highest BCUT2D eigenvalue weighted by Crippen LogP contribution is 2.35. The first-order valence-electron chi connectivity index (χ1n) is 7.76. The summed E-state index contributed by atoms with van der Waals surface area (Å²) in [5.74, 6) is 0.167. The Hall–Kier alpha value is -2.09. The Morgan fingerprint density at radius 2 is 1.89 bits per heavy atom. The number of benzene rings is 2. The van der Waals surface area contributed by atoms with Crippen molar-refractivity contribution >= 4 is 67.2 Å². The summed E-state index contributed by atoms with van der Waals surface area (Å²) in [5.41, 5.74) is 1.28. The lowest BCUT2D eigenvalue weighted by atomic mass is 10.2. The van der Waals surface area contributed by atoms with Crippen molar-refractivity contribution in [3.05, 3.63) is 74.3 Å². The molecule has 1 aliphatic rings. The molecular weight excluding hydrogens is 499 g/mol. The number of carbonyl (C=O) groups is 2. The van der Waals surface area contributed by atoms with E-state index in [4.69, 9.17) is 16.3 Å². The Kier molecular flexibility index (Phi) is 6.04. The summed E-state index contributed by atoms with van der Waals surface area (Å²) in [6.45, 7) is 3.98. The molecule has 8 heteroatoms. The molecule has 0 spiro atoms. The molecule has 0 aromatic heterocycles. The van der Waals surface area contributed by atoms with E-state index in [1.165, 1.54) is 0 Å². The maximum atomic E-state index is 12.7. The van der Waals surface area contributed by atoms with Gasteiger partial charge < -0.3 is 10.1 Å². The van der Waals surface area contributed by atoms with Crippen LogP contribution in [0.5, 0.6) is 5.75 Å². The predicted molar refractivity (Wildman–Crippen MR) is 113 cm³/mol. The minimum Gasteiger partial charge on any atom is -0.487 e. The number of carbonyl (C=O) groups excluding carboxylic acids is 2.